The Balaban J connectivity index is 1.49. The summed E-state index contributed by atoms with van der Waals surface area (Å²) in [7, 11) is 0. The third-order valence-electron chi connectivity index (χ3n) is 8.20. The van der Waals surface area contributed by atoms with Crippen LogP contribution in [0.1, 0.15) is 52.0 Å². The predicted octanol–water partition coefficient (Wildman–Crippen LogP) is 7.73. The van der Waals surface area contributed by atoms with Crippen LogP contribution in [-0.4, -0.2) is 37.9 Å². The first-order chi connectivity index (χ1) is 18.1. The zero-order valence-electron chi connectivity index (χ0n) is 21.9. The van der Waals surface area contributed by atoms with E-state index >= 15 is 0 Å². The number of benzene rings is 3. The second-order valence-corrected chi connectivity index (χ2v) is 10.9. The second kappa shape index (κ2) is 8.82. The van der Waals surface area contributed by atoms with Crippen molar-refractivity contribution in [2.24, 2.45) is 4.99 Å². The maximum Gasteiger partial charge on any atom is 0.573 e. The van der Waals surface area contributed by atoms with Crippen LogP contribution < -0.4 is 19.3 Å². The van der Waals surface area contributed by atoms with Crippen molar-refractivity contribution in [2.45, 2.75) is 64.0 Å². The summed E-state index contributed by atoms with van der Waals surface area (Å²) in [6.45, 7) is 8.74. The number of rotatable bonds is 4. The number of piperidine rings is 1. The van der Waals surface area contributed by atoms with Gasteiger partial charge in [-0.05, 0) is 63.3 Å². The van der Waals surface area contributed by atoms with Crippen molar-refractivity contribution in [3.8, 4) is 11.5 Å². The van der Waals surface area contributed by atoms with Crippen molar-refractivity contribution in [2.75, 3.05) is 29.4 Å². The number of hydrogen-bond donors (Lipinski definition) is 0. The van der Waals surface area contributed by atoms with E-state index in [4.69, 9.17) is 9.73 Å². The van der Waals surface area contributed by atoms with E-state index in [-0.39, 0.29) is 5.75 Å². The SMILES string of the molecule is CCCN1c2ccc(OC(F)(F)F)cc2C(C)(C)C12C=Nc1c(cc(N3CCCCC3)c3ccccc13)O2. The molecule has 0 bridgehead atoms. The lowest BCUT2D eigenvalue weighted by molar-refractivity contribution is -0.274. The largest absolute Gasteiger partial charge is 0.573 e. The molecule has 0 aromatic heterocycles. The van der Waals surface area contributed by atoms with Crippen LogP contribution in [0.25, 0.3) is 10.8 Å². The molecule has 1 atom stereocenters. The van der Waals surface area contributed by atoms with Gasteiger partial charge in [-0.25, -0.2) is 0 Å². The van der Waals surface area contributed by atoms with Crippen molar-refractivity contribution >= 4 is 34.0 Å². The van der Waals surface area contributed by atoms with Crippen LogP contribution in [0.15, 0.2) is 53.5 Å². The Hall–Kier alpha value is -3.42. The summed E-state index contributed by atoms with van der Waals surface area (Å²) in [5, 5.41) is 2.19. The van der Waals surface area contributed by atoms with Gasteiger partial charge in [0.2, 0.25) is 5.72 Å². The molecule has 1 saturated heterocycles. The molecule has 0 N–H and O–H groups in total. The average Bonchev–Trinajstić information content (AvgIpc) is 3.06. The van der Waals surface area contributed by atoms with E-state index < -0.39 is 17.5 Å². The van der Waals surface area contributed by atoms with Gasteiger partial charge in [0.25, 0.3) is 0 Å². The van der Waals surface area contributed by atoms with Gasteiger partial charge < -0.3 is 19.3 Å². The monoisotopic (exact) mass is 523 g/mol. The van der Waals surface area contributed by atoms with Gasteiger partial charge in [-0.15, -0.1) is 13.2 Å². The van der Waals surface area contributed by atoms with E-state index in [0.717, 1.165) is 65.8 Å². The summed E-state index contributed by atoms with van der Waals surface area (Å²) in [5.74, 6) is 0.463. The van der Waals surface area contributed by atoms with Crippen LogP contribution in [0.4, 0.5) is 30.2 Å². The molecule has 0 amide bonds. The van der Waals surface area contributed by atoms with E-state index in [1.807, 2.05) is 26.1 Å². The number of hydrogen-bond acceptors (Lipinski definition) is 5. The second-order valence-electron chi connectivity index (χ2n) is 10.9. The van der Waals surface area contributed by atoms with Gasteiger partial charge in [0.05, 0.1) is 11.6 Å². The number of nitrogens with zero attached hydrogens (tertiary/aromatic N) is 3. The lowest BCUT2D eigenvalue weighted by Gasteiger charge is -2.46. The van der Waals surface area contributed by atoms with E-state index in [2.05, 4.69) is 45.7 Å². The van der Waals surface area contributed by atoms with Crippen LogP contribution in [-0.2, 0) is 5.41 Å². The molecular weight excluding hydrogens is 491 g/mol. The molecular formula is C30H32F3N3O2. The molecule has 0 aliphatic carbocycles. The molecule has 1 unspecified atom stereocenters. The smallest absolute Gasteiger partial charge is 0.459 e. The third kappa shape index (κ3) is 3.79. The van der Waals surface area contributed by atoms with Gasteiger partial charge >= 0.3 is 6.36 Å². The maximum absolute atomic E-state index is 13.0. The Bertz CT molecular complexity index is 1410. The Kier molecular flexibility index (Phi) is 5.78. The van der Waals surface area contributed by atoms with Gasteiger partial charge in [0.1, 0.15) is 11.4 Å². The van der Waals surface area contributed by atoms with Gasteiger partial charge in [-0.3, -0.25) is 4.99 Å². The summed E-state index contributed by atoms with van der Waals surface area (Å²) in [6.07, 6.45) is 1.47. The topological polar surface area (TPSA) is 37.3 Å². The summed E-state index contributed by atoms with van der Waals surface area (Å²) in [5.41, 5.74) is 1.77. The normalized spacial score (nSPS) is 21.9. The number of aliphatic imine (C=N–C) groups is 1. The highest BCUT2D eigenvalue weighted by molar-refractivity contribution is 6.06. The summed E-state index contributed by atoms with van der Waals surface area (Å²) >= 11 is 0. The quantitative estimate of drug-likeness (QED) is 0.351. The molecule has 1 spiro atoms. The molecule has 200 valence electrons. The van der Waals surface area contributed by atoms with Gasteiger partial charge in [0.15, 0.2) is 5.75 Å². The molecule has 1 fully saturated rings. The van der Waals surface area contributed by atoms with Gasteiger partial charge in [-0.1, -0.05) is 31.2 Å². The van der Waals surface area contributed by atoms with Crippen molar-refractivity contribution in [1.82, 2.24) is 0 Å². The number of alkyl halides is 3. The molecule has 5 nitrogen and oxygen atoms in total. The van der Waals surface area contributed by atoms with Gasteiger partial charge in [0, 0.05) is 47.8 Å². The zero-order valence-corrected chi connectivity index (χ0v) is 21.9. The highest BCUT2D eigenvalue weighted by Gasteiger charge is 2.60. The average molecular weight is 524 g/mol. The maximum atomic E-state index is 13.0. The third-order valence-corrected chi connectivity index (χ3v) is 8.20. The Morgan fingerprint density at radius 1 is 0.974 bits per heavy atom. The number of anilines is 2. The highest BCUT2D eigenvalue weighted by Crippen LogP contribution is 2.56. The lowest BCUT2D eigenvalue weighted by atomic mass is 9.77. The van der Waals surface area contributed by atoms with Crippen molar-refractivity contribution in [1.29, 1.82) is 0 Å². The van der Waals surface area contributed by atoms with Crippen LogP contribution in [0.3, 0.4) is 0 Å². The molecule has 8 heteroatoms. The first kappa shape index (κ1) is 24.9. The standard InChI is InChI=1S/C30H32F3N3O2/c1-4-14-36-24-13-12-20(37-30(31,32)33)17-23(24)28(2,3)29(36)19-34-27-22-11-7-6-10-21(22)25(18-26(27)38-29)35-15-8-5-9-16-35/h6-7,10-13,17-19H,4-5,8-9,14-16H2,1-3H3. The van der Waals surface area contributed by atoms with Crippen molar-refractivity contribution in [3.05, 3.63) is 54.1 Å². The highest BCUT2D eigenvalue weighted by atomic mass is 19.4. The van der Waals surface area contributed by atoms with E-state index in [0.29, 0.717) is 12.3 Å². The van der Waals surface area contributed by atoms with E-state index in [9.17, 15) is 13.2 Å². The molecule has 6 rings (SSSR count). The van der Waals surface area contributed by atoms with Crippen LogP contribution in [0.5, 0.6) is 11.5 Å². The van der Waals surface area contributed by atoms with Crippen LogP contribution in [0, 0.1) is 0 Å². The molecule has 3 aliphatic rings. The van der Waals surface area contributed by atoms with Gasteiger partial charge in [-0.2, -0.15) is 0 Å². The zero-order chi connectivity index (χ0) is 26.7. The molecule has 3 aromatic rings. The molecule has 3 aromatic carbocycles. The number of halogens is 3. The summed E-state index contributed by atoms with van der Waals surface area (Å²) in [4.78, 5) is 9.59. The first-order valence-electron chi connectivity index (χ1n) is 13.4. The number of ether oxygens (including phenoxy) is 2. The Morgan fingerprint density at radius 3 is 2.42 bits per heavy atom. The van der Waals surface area contributed by atoms with E-state index in [1.165, 1.54) is 18.6 Å². The minimum atomic E-state index is -4.76. The summed E-state index contributed by atoms with van der Waals surface area (Å²) < 4.78 is 50.4. The van der Waals surface area contributed by atoms with Crippen LogP contribution in [0.2, 0.25) is 0 Å². The predicted molar refractivity (Wildman–Crippen MR) is 145 cm³/mol. The fourth-order valence-electron chi connectivity index (χ4n) is 6.35. The molecule has 3 aliphatic heterocycles. The molecule has 0 radical (unpaired) electrons. The first-order valence-corrected chi connectivity index (χ1v) is 13.4. The number of fused-ring (bicyclic) bond motifs is 4. The summed E-state index contributed by atoms with van der Waals surface area (Å²) in [6, 6.07) is 15.0. The molecule has 0 saturated carbocycles. The Morgan fingerprint density at radius 2 is 1.71 bits per heavy atom. The van der Waals surface area contributed by atoms with Crippen molar-refractivity contribution < 1.29 is 22.6 Å². The Labute approximate surface area is 220 Å². The van der Waals surface area contributed by atoms with Crippen molar-refractivity contribution in [3.63, 3.8) is 0 Å². The van der Waals surface area contributed by atoms with E-state index in [1.54, 1.807) is 6.07 Å². The van der Waals surface area contributed by atoms with Crippen LogP contribution >= 0.6 is 0 Å². The minimum Gasteiger partial charge on any atom is -0.459 e. The molecule has 3 heterocycles. The lowest BCUT2D eigenvalue weighted by Crippen LogP contribution is -2.62. The fraction of sp³-hybridized carbons (Fsp3) is 0.433. The minimum absolute atomic E-state index is 0.232. The molecule has 38 heavy (non-hydrogen) atoms. The fourth-order valence-corrected chi connectivity index (χ4v) is 6.35.